The number of rotatable bonds is 5. The van der Waals surface area contributed by atoms with Gasteiger partial charge in [-0.2, -0.15) is 4.98 Å². The molecule has 0 radical (unpaired) electrons. The van der Waals surface area contributed by atoms with E-state index < -0.39 is 10.0 Å². The summed E-state index contributed by atoms with van der Waals surface area (Å²) in [5, 5.41) is 4.84. The van der Waals surface area contributed by atoms with Gasteiger partial charge in [0.25, 0.3) is 0 Å². The van der Waals surface area contributed by atoms with Gasteiger partial charge in [0.05, 0.1) is 11.6 Å². The molecule has 10 heteroatoms. The van der Waals surface area contributed by atoms with Crippen molar-refractivity contribution in [2.24, 2.45) is 0 Å². The van der Waals surface area contributed by atoms with Crippen LogP contribution < -0.4 is 4.72 Å². The van der Waals surface area contributed by atoms with Gasteiger partial charge in [-0.3, -0.25) is 14.9 Å². The lowest BCUT2D eigenvalue weighted by Crippen LogP contribution is -2.36. The summed E-state index contributed by atoms with van der Waals surface area (Å²) in [5.74, 6) is 0.944. The third-order valence-electron chi connectivity index (χ3n) is 5.42. The number of para-hydroxylation sites is 1. The van der Waals surface area contributed by atoms with Gasteiger partial charge in [0.1, 0.15) is 4.90 Å². The number of benzene rings is 1. The minimum atomic E-state index is -3.75. The lowest BCUT2D eigenvalue weighted by atomic mass is 10.2. The summed E-state index contributed by atoms with van der Waals surface area (Å²) in [7, 11) is -1.84. The van der Waals surface area contributed by atoms with Crippen molar-refractivity contribution >= 4 is 20.9 Å². The number of nitrogens with zero attached hydrogens (tertiary/aromatic N) is 5. The molecule has 1 aliphatic rings. The summed E-state index contributed by atoms with van der Waals surface area (Å²) in [6, 6.07) is 11.9. The third-order valence-corrected chi connectivity index (χ3v) is 6.97. The smallest absolute Gasteiger partial charge is 0.244 e. The van der Waals surface area contributed by atoms with E-state index in [0.29, 0.717) is 30.2 Å². The third kappa shape index (κ3) is 3.80. The second-order valence-corrected chi connectivity index (χ2v) is 9.22. The number of likely N-dealkylation sites (N-methyl/N-ethyl adjacent to an activating group) is 1. The molecule has 4 heterocycles. The van der Waals surface area contributed by atoms with Gasteiger partial charge >= 0.3 is 0 Å². The minimum absolute atomic E-state index is 0.175. The second-order valence-electron chi connectivity index (χ2n) is 7.53. The SMILES string of the molecule is CN1C[C@@H](NS(=O)(=O)c2cccc3cccnc23)C[C@H]1c1nc(-c2ccncc2)no1. The highest BCUT2D eigenvalue weighted by Crippen LogP contribution is 2.32. The first kappa shape index (κ1) is 19.7. The Morgan fingerprint density at radius 3 is 2.74 bits per heavy atom. The van der Waals surface area contributed by atoms with Gasteiger partial charge in [0.2, 0.25) is 21.7 Å². The van der Waals surface area contributed by atoms with Crippen molar-refractivity contribution in [1.82, 2.24) is 29.7 Å². The highest BCUT2D eigenvalue weighted by molar-refractivity contribution is 7.89. The van der Waals surface area contributed by atoms with Crippen LogP contribution in [0.15, 0.2) is 70.5 Å². The highest BCUT2D eigenvalue weighted by atomic mass is 32.2. The molecule has 0 saturated carbocycles. The summed E-state index contributed by atoms with van der Waals surface area (Å²) < 4.78 is 34.5. The van der Waals surface area contributed by atoms with Gasteiger partial charge in [-0.25, -0.2) is 13.1 Å². The van der Waals surface area contributed by atoms with E-state index in [2.05, 4.69) is 24.8 Å². The molecule has 9 nitrogen and oxygen atoms in total. The zero-order valence-electron chi connectivity index (χ0n) is 16.7. The van der Waals surface area contributed by atoms with E-state index in [9.17, 15) is 8.42 Å². The topological polar surface area (TPSA) is 114 Å². The van der Waals surface area contributed by atoms with Crippen LogP contribution in [0.25, 0.3) is 22.3 Å². The summed E-state index contributed by atoms with van der Waals surface area (Å²) in [6.45, 7) is 0.523. The summed E-state index contributed by atoms with van der Waals surface area (Å²) >= 11 is 0. The Morgan fingerprint density at radius 2 is 1.90 bits per heavy atom. The maximum atomic E-state index is 13.1. The fourth-order valence-corrected chi connectivity index (χ4v) is 5.36. The largest absolute Gasteiger partial charge is 0.337 e. The second kappa shape index (κ2) is 7.80. The number of pyridine rings is 2. The molecule has 4 aromatic rings. The fraction of sp³-hybridized carbons (Fsp3) is 0.238. The van der Waals surface area contributed by atoms with Crippen LogP contribution in [-0.2, 0) is 10.0 Å². The average Bonchev–Trinajstić information content (AvgIpc) is 3.40. The van der Waals surface area contributed by atoms with Crippen molar-refractivity contribution in [2.45, 2.75) is 23.4 Å². The van der Waals surface area contributed by atoms with Gasteiger partial charge in [-0.05, 0) is 37.7 Å². The summed E-state index contributed by atoms with van der Waals surface area (Å²) in [6.07, 6.45) is 5.45. The van der Waals surface area contributed by atoms with Gasteiger partial charge in [-0.15, -0.1) is 0 Å². The molecule has 1 N–H and O–H groups in total. The molecule has 31 heavy (non-hydrogen) atoms. The molecule has 1 aromatic carbocycles. The number of nitrogens with one attached hydrogen (secondary N) is 1. The quantitative estimate of drug-likeness (QED) is 0.507. The summed E-state index contributed by atoms with van der Waals surface area (Å²) in [4.78, 5) is 15.0. The first-order valence-electron chi connectivity index (χ1n) is 9.81. The maximum absolute atomic E-state index is 13.1. The van der Waals surface area contributed by atoms with E-state index in [1.807, 2.05) is 36.2 Å². The molecular weight excluding hydrogens is 416 g/mol. The standard InChI is InChI=1S/C21H20N6O3S/c1-27-13-16(12-17(27)21-24-20(25-30-21)15-7-10-22-11-8-15)26-31(28,29)18-6-2-4-14-5-3-9-23-19(14)18/h2-11,16-17,26H,12-13H2,1H3/t16-,17-/m0/s1. The van der Waals surface area contributed by atoms with Crippen LogP contribution in [0.2, 0.25) is 0 Å². The predicted octanol–water partition coefficient (Wildman–Crippen LogP) is 2.40. The molecule has 1 saturated heterocycles. The molecule has 3 aromatic heterocycles. The van der Waals surface area contributed by atoms with Crippen LogP contribution >= 0.6 is 0 Å². The predicted molar refractivity (Wildman–Crippen MR) is 113 cm³/mol. The van der Waals surface area contributed by atoms with Crippen molar-refractivity contribution in [3.63, 3.8) is 0 Å². The normalized spacial score (nSPS) is 19.8. The number of sulfonamides is 1. The average molecular weight is 436 g/mol. The molecule has 0 bridgehead atoms. The van der Waals surface area contributed by atoms with E-state index in [0.717, 1.165) is 10.9 Å². The Morgan fingerprint density at radius 1 is 1.10 bits per heavy atom. The summed E-state index contributed by atoms with van der Waals surface area (Å²) in [5.41, 5.74) is 1.27. The van der Waals surface area contributed by atoms with Crippen molar-refractivity contribution < 1.29 is 12.9 Å². The lowest BCUT2D eigenvalue weighted by molar-refractivity contribution is 0.244. The number of fused-ring (bicyclic) bond motifs is 1. The van der Waals surface area contributed by atoms with Gasteiger partial charge in [-0.1, -0.05) is 23.4 Å². The van der Waals surface area contributed by atoms with E-state index in [1.165, 1.54) is 0 Å². The molecule has 1 fully saturated rings. The lowest BCUT2D eigenvalue weighted by Gasteiger charge is -2.14. The molecule has 0 spiro atoms. The van der Waals surface area contributed by atoms with Crippen LogP contribution in [0, 0.1) is 0 Å². The Bertz CT molecular complexity index is 1320. The van der Waals surface area contributed by atoms with Crippen LogP contribution in [0.5, 0.6) is 0 Å². The monoisotopic (exact) mass is 436 g/mol. The van der Waals surface area contributed by atoms with Crippen LogP contribution in [0.4, 0.5) is 0 Å². The van der Waals surface area contributed by atoms with Crippen LogP contribution in [0.3, 0.4) is 0 Å². The molecule has 0 aliphatic carbocycles. The van der Waals surface area contributed by atoms with Gasteiger partial charge in [0, 0.05) is 42.1 Å². The first-order valence-corrected chi connectivity index (χ1v) is 11.3. The molecule has 158 valence electrons. The van der Waals surface area contributed by atoms with Crippen molar-refractivity contribution in [3.05, 3.63) is 66.9 Å². The van der Waals surface area contributed by atoms with Crippen molar-refractivity contribution in [1.29, 1.82) is 0 Å². The highest BCUT2D eigenvalue weighted by Gasteiger charge is 2.37. The number of aromatic nitrogens is 4. The van der Waals surface area contributed by atoms with E-state index in [-0.39, 0.29) is 17.0 Å². The Hall–Kier alpha value is -3.21. The van der Waals surface area contributed by atoms with E-state index in [1.54, 1.807) is 36.8 Å². The van der Waals surface area contributed by atoms with Crippen molar-refractivity contribution in [2.75, 3.05) is 13.6 Å². The van der Waals surface area contributed by atoms with E-state index in [4.69, 9.17) is 4.52 Å². The molecule has 0 unspecified atom stereocenters. The number of hydrogen-bond donors (Lipinski definition) is 1. The van der Waals surface area contributed by atoms with Gasteiger partial charge < -0.3 is 4.52 Å². The maximum Gasteiger partial charge on any atom is 0.244 e. The molecule has 0 amide bonds. The molecule has 2 atom stereocenters. The van der Waals surface area contributed by atoms with Crippen molar-refractivity contribution in [3.8, 4) is 11.4 Å². The Balaban J connectivity index is 1.36. The number of likely N-dealkylation sites (tertiary alicyclic amines) is 1. The Kier molecular flexibility index (Phi) is 4.97. The van der Waals surface area contributed by atoms with Gasteiger partial charge in [0.15, 0.2) is 0 Å². The molecular formula is C21H20N6O3S. The molecule has 5 rings (SSSR count). The molecule has 1 aliphatic heterocycles. The minimum Gasteiger partial charge on any atom is -0.337 e. The first-order chi connectivity index (χ1) is 15.0. The van der Waals surface area contributed by atoms with Crippen LogP contribution in [0.1, 0.15) is 18.4 Å². The zero-order valence-corrected chi connectivity index (χ0v) is 17.5. The van der Waals surface area contributed by atoms with Crippen LogP contribution in [-0.4, -0.2) is 53.1 Å². The van der Waals surface area contributed by atoms with E-state index >= 15 is 0 Å². The fourth-order valence-electron chi connectivity index (χ4n) is 3.94. The number of hydrogen-bond acceptors (Lipinski definition) is 8. The Labute approximate surface area is 179 Å². The zero-order chi connectivity index (χ0) is 21.4.